The molecule has 1 radical (unpaired) electrons. The fourth-order valence-corrected chi connectivity index (χ4v) is 2.07. The average Bonchev–Trinajstić information content (AvgIpc) is 2.54. The van der Waals surface area contributed by atoms with Gasteiger partial charge in [0.15, 0.2) is 0 Å². The number of hydrogen-bond acceptors (Lipinski definition) is 2. The Hall–Kier alpha value is -0.440. The number of nitrogens with zero attached hydrogens (tertiary/aromatic N) is 1. The normalized spacial score (nSPS) is 16.5. The molecule has 0 atom stereocenters. The Morgan fingerprint density at radius 2 is 1.93 bits per heavy atom. The summed E-state index contributed by atoms with van der Waals surface area (Å²) in [5.41, 5.74) is 0. The first-order valence-electron chi connectivity index (χ1n) is 5.93. The number of rotatable bonds is 7. The van der Waals surface area contributed by atoms with Gasteiger partial charge in [0, 0.05) is 13.0 Å². The third-order valence-corrected chi connectivity index (χ3v) is 3.14. The summed E-state index contributed by atoms with van der Waals surface area (Å²) in [6.45, 7) is 3.04. The van der Waals surface area contributed by atoms with Crippen molar-refractivity contribution in [2.75, 3.05) is 6.54 Å². The molecule has 1 fully saturated rings. The predicted molar refractivity (Wildman–Crippen MR) is 66.6 cm³/mol. The molecular formula is C12H20NOS. The first kappa shape index (κ1) is 12.6. The molecule has 2 nitrogen and oxygen atoms in total. The molecule has 0 aromatic rings. The van der Waals surface area contributed by atoms with E-state index in [-0.39, 0.29) is 5.91 Å². The molecule has 1 saturated heterocycles. The van der Waals surface area contributed by atoms with Crippen LogP contribution in [0.5, 0.6) is 0 Å². The van der Waals surface area contributed by atoms with Crippen LogP contribution in [0.4, 0.5) is 0 Å². The average molecular weight is 226 g/mol. The number of hydrogen-bond donors (Lipinski definition) is 0. The molecule has 0 bridgehead atoms. The van der Waals surface area contributed by atoms with E-state index in [9.17, 15) is 4.79 Å². The summed E-state index contributed by atoms with van der Waals surface area (Å²) in [6.07, 6.45) is 9.87. The topological polar surface area (TPSA) is 20.3 Å². The van der Waals surface area contributed by atoms with Gasteiger partial charge in [-0.05, 0) is 6.42 Å². The molecule has 0 aromatic carbocycles. The smallest absolute Gasteiger partial charge is 0.231 e. The number of unbranched alkanes of at least 4 members (excludes halogenated alkanes) is 5. The van der Waals surface area contributed by atoms with Crippen molar-refractivity contribution >= 4 is 23.1 Å². The molecule has 1 aliphatic heterocycles. The molecule has 1 amide bonds. The van der Waals surface area contributed by atoms with E-state index in [1.165, 1.54) is 32.1 Å². The standard InChI is InChI=1S/C12H20NOS/c1-2-3-4-5-6-7-10-13-11(14)8-9-12(13)15/h8H,2-7,9-10H2,1H3. The molecule has 85 valence electrons. The van der Waals surface area contributed by atoms with Crippen LogP contribution < -0.4 is 0 Å². The monoisotopic (exact) mass is 226 g/mol. The maximum atomic E-state index is 11.3. The van der Waals surface area contributed by atoms with E-state index in [2.05, 4.69) is 6.92 Å². The summed E-state index contributed by atoms with van der Waals surface area (Å²) in [5, 5.41) is 0. The summed E-state index contributed by atoms with van der Waals surface area (Å²) in [5.74, 6) is 0.105. The van der Waals surface area contributed by atoms with Gasteiger partial charge in [-0.3, -0.25) is 4.79 Å². The van der Waals surface area contributed by atoms with Crippen molar-refractivity contribution in [3.05, 3.63) is 6.42 Å². The molecule has 0 aliphatic carbocycles. The van der Waals surface area contributed by atoms with Gasteiger partial charge in [0.2, 0.25) is 5.91 Å². The fraction of sp³-hybridized carbons (Fsp3) is 0.750. The molecule has 15 heavy (non-hydrogen) atoms. The van der Waals surface area contributed by atoms with Crippen molar-refractivity contribution in [1.29, 1.82) is 0 Å². The van der Waals surface area contributed by atoms with Crippen LogP contribution in [0.2, 0.25) is 0 Å². The second kappa shape index (κ2) is 6.94. The highest BCUT2D eigenvalue weighted by atomic mass is 32.1. The lowest BCUT2D eigenvalue weighted by molar-refractivity contribution is -0.122. The maximum Gasteiger partial charge on any atom is 0.231 e. The van der Waals surface area contributed by atoms with Gasteiger partial charge in [-0.1, -0.05) is 51.2 Å². The van der Waals surface area contributed by atoms with E-state index >= 15 is 0 Å². The SMILES string of the molecule is CCCCCCCCN1C(=O)[CH]CC1=S. The van der Waals surface area contributed by atoms with E-state index in [4.69, 9.17) is 12.2 Å². The van der Waals surface area contributed by atoms with Gasteiger partial charge >= 0.3 is 0 Å². The Kier molecular flexibility index (Phi) is 5.84. The van der Waals surface area contributed by atoms with Crippen LogP contribution in [0, 0.1) is 6.42 Å². The van der Waals surface area contributed by atoms with Crippen molar-refractivity contribution < 1.29 is 4.79 Å². The van der Waals surface area contributed by atoms with Crippen molar-refractivity contribution in [2.45, 2.75) is 51.9 Å². The highest BCUT2D eigenvalue weighted by Crippen LogP contribution is 2.14. The van der Waals surface area contributed by atoms with Gasteiger partial charge in [0.25, 0.3) is 0 Å². The molecule has 3 heteroatoms. The van der Waals surface area contributed by atoms with E-state index in [1.54, 1.807) is 11.3 Å². The van der Waals surface area contributed by atoms with Crippen LogP contribution in [-0.4, -0.2) is 22.3 Å². The van der Waals surface area contributed by atoms with Gasteiger partial charge < -0.3 is 4.90 Å². The Labute approximate surface area is 98.0 Å². The van der Waals surface area contributed by atoms with Crippen LogP contribution >= 0.6 is 12.2 Å². The van der Waals surface area contributed by atoms with Gasteiger partial charge in [-0.15, -0.1) is 0 Å². The summed E-state index contributed by atoms with van der Waals surface area (Å²) in [6, 6.07) is 0. The number of amides is 1. The van der Waals surface area contributed by atoms with Crippen LogP contribution in [0.25, 0.3) is 0 Å². The maximum absolute atomic E-state index is 11.3. The second-order valence-corrected chi connectivity index (χ2v) is 4.53. The molecule has 0 N–H and O–H groups in total. The Morgan fingerprint density at radius 1 is 1.27 bits per heavy atom. The molecule has 0 saturated carbocycles. The van der Waals surface area contributed by atoms with Gasteiger partial charge in [0.05, 0.1) is 11.4 Å². The van der Waals surface area contributed by atoms with Crippen LogP contribution in [0.1, 0.15) is 51.9 Å². The Bertz CT molecular complexity index is 212. The number of likely N-dealkylation sites (tertiary alicyclic amines) is 1. The highest BCUT2D eigenvalue weighted by molar-refractivity contribution is 7.80. The lowest BCUT2D eigenvalue weighted by atomic mass is 10.1. The third kappa shape index (κ3) is 4.29. The number of thiocarbonyl (C=S) groups is 1. The molecular weight excluding hydrogens is 206 g/mol. The minimum Gasteiger partial charge on any atom is -0.306 e. The molecule has 0 aromatic heterocycles. The van der Waals surface area contributed by atoms with Crippen molar-refractivity contribution in [1.82, 2.24) is 4.90 Å². The Balaban J connectivity index is 2.04. The van der Waals surface area contributed by atoms with Crippen LogP contribution in [0.3, 0.4) is 0 Å². The molecule has 0 unspecified atom stereocenters. The zero-order valence-corrected chi connectivity index (χ0v) is 10.3. The lowest BCUT2D eigenvalue weighted by Crippen LogP contribution is -2.28. The van der Waals surface area contributed by atoms with Crippen molar-refractivity contribution in [2.24, 2.45) is 0 Å². The predicted octanol–water partition coefficient (Wildman–Crippen LogP) is 3.11. The number of carbonyl (C=O) groups is 1. The Morgan fingerprint density at radius 3 is 2.53 bits per heavy atom. The summed E-state index contributed by atoms with van der Waals surface area (Å²) in [7, 11) is 0. The van der Waals surface area contributed by atoms with E-state index < -0.39 is 0 Å². The van der Waals surface area contributed by atoms with E-state index in [1.807, 2.05) is 0 Å². The zero-order valence-electron chi connectivity index (χ0n) is 9.50. The van der Waals surface area contributed by atoms with Crippen LogP contribution in [0.15, 0.2) is 0 Å². The van der Waals surface area contributed by atoms with E-state index in [0.29, 0.717) is 6.42 Å². The highest BCUT2D eigenvalue weighted by Gasteiger charge is 2.24. The quantitative estimate of drug-likeness (QED) is 0.491. The van der Waals surface area contributed by atoms with Crippen LogP contribution in [-0.2, 0) is 4.79 Å². The zero-order chi connectivity index (χ0) is 11.1. The fourth-order valence-electron chi connectivity index (χ4n) is 1.80. The molecule has 1 rings (SSSR count). The summed E-state index contributed by atoms with van der Waals surface area (Å²) >= 11 is 5.11. The second-order valence-electron chi connectivity index (χ2n) is 4.06. The minimum absolute atomic E-state index is 0.105. The first-order valence-corrected chi connectivity index (χ1v) is 6.34. The molecule has 0 spiro atoms. The van der Waals surface area contributed by atoms with E-state index in [0.717, 1.165) is 18.0 Å². The third-order valence-electron chi connectivity index (χ3n) is 2.75. The van der Waals surface area contributed by atoms with Gasteiger partial charge in [0.1, 0.15) is 0 Å². The van der Waals surface area contributed by atoms with Crippen molar-refractivity contribution in [3.8, 4) is 0 Å². The summed E-state index contributed by atoms with van der Waals surface area (Å²) in [4.78, 5) is 13.9. The largest absolute Gasteiger partial charge is 0.306 e. The minimum atomic E-state index is 0.105. The number of carbonyl (C=O) groups excluding carboxylic acids is 1. The first-order chi connectivity index (χ1) is 7.25. The van der Waals surface area contributed by atoms with Gasteiger partial charge in [-0.2, -0.15) is 0 Å². The molecule has 1 heterocycles. The molecule has 1 aliphatic rings. The van der Waals surface area contributed by atoms with Gasteiger partial charge in [-0.25, -0.2) is 0 Å². The van der Waals surface area contributed by atoms with Crippen molar-refractivity contribution in [3.63, 3.8) is 0 Å². The lowest BCUT2D eigenvalue weighted by Gasteiger charge is -2.15. The summed E-state index contributed by atoms with van der Waals surface area (Å²) < 4.78 is 0.